The molecule has 1 N–H and O–H groups in total. The van der Waals surface area contributed by atoms with E-state index in [0.29, 0.717) is 18.9 Å². The normalized spacial score (nSPS) is 17.2. The summed E-state index contributed by atoms with van der Waals surface area (Å²) in [5.74, 6) is 0.739. The molecular formula is C12H24N2O2. The summed E-state index contributed by atoms with van der Waals surface area (Å²) in [7, 11) is 0. The van der Waals surface area contributed by atoms with Gasteiger partial charge in [-0.05, 0) is 26.8 Å². The standard InChI is InChI=1S/C12H24N2O2/c1-3-14(4-2)12(16)6-5-7-13-8-11(9-13)10-15/h11,15H,3-10H2,1-2H3. The van der Waals surface area contributed by atoms with Gasteiger partial charge in [-0.2, -0.15) is 0 Å². The second-order valence-electron chi connectivity index (χ2n) is 4.48. The Labute approximate surface area is 98.2 Å². The SMILES string of the molecule is CCN(CC)C(=O)CCCN1CC(CO)C1. The summed E-state index contributed by atoms with van der Waals surface area (Å²) < 4.78 is 0. The van der Waals surface area contributed by atoms with Gasteiger partial charge in [0.2, 0.25) is 5.91 Å². The molecule has 0 atom stereocenters. The molecule has 94 valence electrons. The van der Waals surface area contributed by atoms with Crippen molar-refractivity contribution in [1.29, 1.82) is 0 Å². The zero-order valence-corrected chi connectivity index (χ0v) is 10.5. The van der Waals surface area contributed by atoms with Crippen molar-refractivity contribution in [2.45, 2.75) is 26.7 Å². The predicted molar refractivity (Wildman–Crippen MR) is 64.2 cm³/mol. The Morgan fingerprint density at radius 1 is 1.38 bits per heavy atom. The van der Waals surface area contributed by atoms with E-state index in [1.54, 1.807) is 0 Å². The van der Waals surface area contributed by atoms with Gasteiger partial charge in [-0.15, -0.1) is 0 Å². The Kier molecular flexibility index (Phi) is 5.77. The number of aliphatic hydroxyl groups excluding tert-OH is 1. The molecule has 1 heterocycles. The lowest BCUT2D eigenvalue weighted by molar-refractivity contribution is -0.131. The number of aliphatic hydroxyl groups is 1. The number of hydrogen-bond acceptors (Lipinski definition) is 3. The molecule has 0 aromatic heterocycles. The van der Waals surface area contributed by atoms with Gasteiger partial charge in [0.15, 0.2) is 0 Å². The monoisotopic (exact) mass is 228 g/mol. The minimum Gasteiger partial charge on any atom is -0.396 e. The smallest absolute Gasteiger partial charge is 0.222 e. The van der Waals surface area contributed by atoms with Crippen molar-refractivity contribution < 1.29 is 9.90 Å². The zero-order chi connectivity index (χ0) is 12.0. The number of carbonyl (C=O) groups is 1. The van der Waals surface area contributed by atoms with Gasteiger partial charge in [0.1, 0.15) is 0 Å². The first-order chi connectivity index (χ1) is 7.71. The number of hydrogen-bond donors (Lipinski definition) is 1. The first kappa shape index (κ1) is 13.5. The van der Waals surface area contributed by atoms with Crippen LogP contribution in [0.2, 0.25) is 0 Å². The van der Waals surface area contributed by atoms with Gasteiger partial charge >= 0.3 is 0 Å². The minimum absolute atomic E-state index is 0.268. The molecule has 0 aromatic rings. The highest BCUT2D eigenvalue weighted by molar-refractivity contribution is 5.76. The first-order valence-electron chi connectivity index (χ1n) is 6.32. The summed E-state index contributed by atoms with van der Waals surface area (Å²) in [5.41, 5.74) is 0. The van der Waals surface area contributed by atoms with Crippen molar-refractivity contribution in [1.82, 2.24) is 9.80 Å². The number of rotatable bonds is 7. The van der Waals surface area contributed by atoms with Crippen molar-refractivity contribution in [2.24, 2.45) is 5.92 Å². The third-order valence-corrected chi connectivity index (χ3v) is 3.27. The highest BCUT2D eigenvalue weighted by atomic mass is 16.3. The molecule has 0 bridgehead atoms. The topological polar surface area (TPSA) is 43.8 Å². The summed E-state index contributed by atoms with van der Waals surface area (Å²) in [6.45, 7) is 8.94. The van der Waals surface area contributed by atoms with E-state index in [1.165, 1.54) is 0 Å². The number of carbonyl (C=O) groups excluding carboxylic acids is 1. The fourth-order valence-corrected chi connectivity index (χ4v) is 2.16. The maximum absolute atomic E-state index is 11.7. The van der Waals surface area contributed by atoms with Gasteiger partial charge in [-0.3, -0.25) is 4.79 Å². The van der Waals surface area contributed by atoms with Gasteiger partial charge in [-0.25, -0.2) is 0 Å². The summed E-state index contributed by atoms with van der Waals surface area (Å²) in [6.07, 6.45) is 1.59. The second-order valence-corrected chi connectivity index (χ2v) is 4.48. The number of likely N-dealkylation sites (tertiary alicyclic amines) is 1. The van der Waals surface area contributed by atoms with E-state index in [2.05, 4.69) is 4.90 Å². The first-order valence-corrected chi connectivity index (χ1v) is 6.32. The van der Waals surface area contributed by atoms with Crippen LogP contribution in [0.5, 0.6) is 0 Å². The van der Waals surface area contributed by atoms with Crippen molar-refractivity contribution in [2.75, 3.05) is 39.3 Å². The van der Waals surface area contributed by atoms with E-state index in [-0.39, 0.29) is 5.91 Å². The van der Waals surface area contributed by atoms with E-state index in [1.807, 2.05) is 18.7 Å². The van der Waals surface area contributed by atoms with Crippen LogP contribution in [-0.4, -0.2) is 60.1 Å². The molecule has 0 aliphatic carbocycles. The van der Waals surface area contributed by atoms with E-state index < -0.39 is 0 Å². The van der Waals surface area contributed by atoms with Crippen molar-refractivity contribution in [3.05, 3.63) is 0 Å². The quantitative estimate of drug-likeness (QED) is 0.692. The van der Waals surface area contributed by atoms with Crippen LogP contribution in [-0.2, 0) is 4.79 Å². The Bertz CT molecular complexity index is 211. The van der Waals surface area contributed by atoms with Gasteiger partial charge in [0, 0.05) is 45.1 Å². The average molecular weight is 228 g/mol. The maximum Gasteiger partial charge on any atom is 0.222 e. The fraction of sp³-hybridized carbons (Fsp3) is 0.917. The van der Waals surface area contributed by atoms with Crippen LogP contribution in [0.15, 0.2) is 0 Å². The third-order valence-electron chi connectivity index (χ3n) is 3.27. The molecule has 1 saturated heterocycles. The predicted octanol–water partition coefficient (Wildman–Crippen LogP) is 0.559. The lowest BCUT2D eigenvalue weighted by Crippen LogP contribution is -2.48. The van der Waals surface area contributed by atoms with Gasteiger partial charge in [-0.1, -0.05) is 0 Å². The molecular weight excluding hydrogens is 204 g/mol. The molecule has 1 amide bonds. The Hall–Kier alpha value is -0.610. The number of nitrogens with zero attached hydrogens (tertiary/aromatic N) is 2. The lowest BCUT2D eigenvalue weighted by Gasteiger charge is -2.38. The maximum atomic E-state index is 11.7. The lowest BCUT2D eigenvalue weighted by atomic mass is 10.0. The van der Waals surface area contributed by atoms with Crippen LogP contribution >= 0.6 is 0 Å². The number of amides is 1. The van der Waals surface area contributed by atoms with Crippen molar-refractivity contribution >= 4 is 5.91 Å². The molecule has 1 fully saturated rings. The molecule has 4 heteroatoms. The van der Waals surface area contributed by atoms with Gasteiger partial charge in [0.05, 0.1) is 0 Å². The van der Waals surface area contributed by atoms with E-state index >= 15 is 0 Å². The summed E-state index contributed by atoms with van der Waals surface area (Å²) in [5, 5.41) is 8.87. The molecule has 4 nitrogen and oxygen atoms in total. The molecule has 0 unspecified atom stereocenters. The molecule has 16 heavy (non-hydrogen) atoms. The second kappa shape index (κ2) is 6.86. The van der Waals surface area contributed by atoms with Crippen LogP contribution < -0.4 is 0 Å². The molecule has 0 spiro atoms. The summed E-state index contributed by atoms with van der Waals surface area (Å²) >= 11 is 0. The van der Waals surface area contributed by atoms with Crippen LogP contribution in [0.4, 0.5) is 0 Å². The molecule has 0 saturated carbocycles. The van der Waals surface area contributed by atoms with Crippen LogP contribution in [0.25, 0.3) is 0 Å². The molecule has 0 aromatic carbocycles. The fourth-order valence-electron chi connectivity index (χ4n) is 2.16. The summed E-state index contributed by atoms with van der Waals surface area (Å²) in [4.78, 5) is 15.9. The van der Waals surface area contributed by atoms with Gasteiger partial charge < -0.3 is 14.9 Å². The Morgan fingerprint density at radius 3 is 2.50 bits per heavy atom. The largest absolute Gasteiger partial charge is 0.396 e. The molecule has 1 aliphatic rings. The van der Waals surface area contributed by atoms with Crippen LogP contribution in [0.3, 0.4) is 0 Å². The molecule has 1 rings (SSSR count). The van der Waals surface area contributed by atoms with Crippen LogP contribution in [0, 0.1) is 5.92 Å². The highest BCUT2D eigenvalue weighted by Gasteiger charge is 2.25. The zero-order valence-electron chi connectivity index (χ0n) is 10.5. The van der Waals surface area contributed by atoms with E-state index in [0.717, 1.165) is 39.1 Å². The highest BCUT2D eigenvalue weighted by Crippen LogP contribution is 2.15. The van der Waals surface area contributed by atoms with Crippen LogP contribution in [0.1, 0.15) is 26.7 Å². The van der Waals surface area contributed by atoms with Crippen molar-refractivity contribution in [3.8, 4) is 0 Å². The third kappa shape index (κ3) is 3.76. The van der Waals surface area contributed by atoms with E-state index in [4.69, 9.17) is 5.11 Å². The van der Waals surface area contributed by atoms with Gasteiger partial charge in [0.25, 0.3) is 0 Å². The summed E-state index contributed by atoms with van der Waals surface area (Å²) in [6, 6.07) is 0. The molecule has 1 aliphatic heterocycles. The average Bonchev–Trinajstić information content (AvgIpc) is 2.23. The van der Waals surface area contributed by atoms with E-state index in [9.17, 15) is 4.79 Å². The Balaban J connectivity index is 2.05. The molecule has 0 radical (unpaired) electrons. The Morgan fingerprint density at radius 2 is 2.00 bits per heavy atom. The minimum atomic E-state index is 0.268. The van der Waals surface area contributed by atoms with Crippen molar-refractivity contribution in [3.63, 3.8) is 0 Å².